The lowest BCUT2D eigenvalue weighted by Crippen LogP contribution is -2.16. The summed E-state index contributed by atoms with van der Waals surface area (Å²) in [4.78, 5) is 13.4. The van der Waals surface area contributed by atoms with Gasteiger partial charge in [-0.25, -0.2) is 9.97 Å². The van der Waals surface area contributed by atoms with E-state index < -0.39 is 0 Å². The van der Waals surface area contributed by atoms with Gasteiger partial charge in [-0.3, -0.25) is 4.98 Å². The van der Waals surface area contributed by atoms with Crippen molar-refractivity contribution in [1.29, 1.82) is 0 Å². The SMILES string of the molecule is OC[C@H](Nc1nc(-c2ccncc2)nc2ccccc12)c1ccccc1. The molecule has 5 heteroatoms. The number of aliphatic hydroxyl groups is 1. The first-order chi connectivity index (χ1) is 12.8. The molecule has 128 valence electrons. The molecule has 0 bridgehead atoms. The number of pyridine rings is 1. The molecule has 0 spiro atoms. The predicted molar refractivity (Wildman–Crippen MR) is 103 cm³/mol. The minimum Gasteiger partial charge on any atom is -0.394 e. The number of aromatic nitrogens is 3. The largest absolute Gasteiger partial charge is 0.394 e. The molecule has 1 atom stereocenters. The van der Waals surface area contributed by atoms with E-state index >= 15 is 0 Å². The first kappa shape index (κ1) is 16.2. The molecule has 26 heavy (non-hydrogen) atoms. The third-order valence-corrected chi connectivity index (χ3v) is 4.24. The molecule has 4 aromatic rings. The van der Waals surface area contributed by atoms with Gasteiger partial charge in [-0.05, 0) is 29.8 Å². The third-order valence-electron chi connectivity index (χ3n) is 4.24. The van der Waals surface area contributed by atoms with Crippen LogP contribution >= 0.6 is 0 Å². The van der Waals surface area contributed by atoms with Crippen molar-refractivity contribution in [2.45, 2.75) is 6.04 Å². The molecule has 4 rings (SSSR count). The van der Waals surface area contributed by atoms with Crippen LogP contribution in [0.5, 0.6) is 0 Å². The predicted octanol–water partition coefficient (Wildman–Crippen LogP) is 3.84. The number of rotatable bonds is 5. The molecule has 0 unspecified atom stereocenters. The lowest BCUT2D eigenvalue weighted by Gasteiger charge is -2.19. The summed E-state index contributed by atoms with van der Waals surface area (Å²) in [6.45, 7) is -0.0348. The summed E-state index contributed by atoms with van der Waals surface area (Å²) in [7, 11) is 0. The topological polar surface area (TPSA) is 70.9 Å². The first-order valence-electron chi connectivity index (χ1n) is 8.44. The van der Waals surface area contributed by atoms with Crippen molar-refractivity contribution in [2.75, 3.05) is 11.9 Å². The lowest BCUT2D eigenvalue weighted by molar-refractivity contribution is 0.276. The summed E-state index contributed by atoms with van der Waals surface area (Å²) in [6.07, 6.45) is 3.45. The number of nitrogens with one attached hydrogen (secondary N) is 1. The highest BCUT2D eigenvalue weighted by molar-refractivity contribution is 5.90. The van der Waals surface area contributed by atoms with E-state index in [-0.39, 0.29) is 12.6 Å². The standard InChI is InChI=1S/C21H18N4O/c26-14-19(15-6-2-1-3-7-15)24-21-17-8-4-5-9-18(17)23-20(25-21)16-10-12-22-13-11-16/h1-13,19,26H,14H2,(H,23,24,25)/t19-/m0/s1. The van der Waals surface area contributed by atoms with Gasteiger partial charge in [0.15, 0.2) is 5.82 Å². The molecule has 2 heterocycles. The summed E-state index contributed by atoms with van der Waals surface area (Å²) in [5, 5.41) is 14.2. The van der Waals surface area contributed by atoms with E-state index in [1.165, 1.54) is 0 Å². The molecule has 0 saturated carbocycles. The molecule has 0 fully saturated rings. The van der Waals surface area contributed by atoms with Gasteiger partial charge in [-0.1, -0.05) is 42.5 Å². The second-order valence-electron chi connectivity index (χ2n) is 5.94. The fraction of sp³-hybridized carbons (Fsp3) is 0.0952. The summed E-state index contributed by atoms with van der Waals surface area (Å²) in [6, 6.07) is 21.2. The molecular weight excluding hydrogens is 324 g/mol. The molecule has 2 aromatic heterocycles. The van der Waals surface area contributed by atoms with Crippen molar-refractivity contribution in [1.82, 2.24) is 15.0 Å². The van der Waals surface area contributed by atoms with Crippen LogP contribution in [0.1, 0.15) is 11.6 Å². The van der Waals surface area contributed by atoms with E-state index in [2.05, 4.69) is 15.3 Å². The monoisotopic (exact) mass is 342 g/mol. The number of para-hydroxylation sites is 1. The van der Waals surface area contributed by atoms with Gasteiger partial charge < -0.3 is 10.4 Å². The summed E-state index contributed by atoms with van der Waals surface area (Å²) in [5.41, 5.74) is 2.75. The van der Waals surface area contributed by atoms with Crippen molar-refractivity contribution in [3.8, 4) is 11.4 Å². The Bertz CT molecular complexity index is 1010. The van der Waals surface area contributed by atoms with Gasteiger partial charge >= 0.3 is 0 Å². The zero-order valence-electron chi connectivity index (χ0n) is 14.1. The average molecular weight is 342 g/mol. The number of hydrogen-bond acceptors (Lipinski definition) is 5. The van der Waals surface area contributed by atoms with Crippen LogP contribution in [0.15, 0.2) is 79.1 Å². The Morgan fingerprint density at radius 3 is 2.35 bits per heavy atom. The van der Waals surface area contributed by atoms with E-state index in [4.69, 9.17) is 4.98 Å². The van der Waals surface area contributed by atoms with Crippen LogP contribution in [0.25, 0.3) is 22.3 Å². The average Bonchev–Trinajstić information content (AvgIpc) is 2.73. The van der Waals surface area contributed by atoms with Crippen LogP contribution in [-0.4, -0.2) is 26.7 Å². The maximum absolute atomic E-state index is 9.89. The maximum Gasteiger partial charge on any atom is 0.162 e. The Morgan fingerprint density at radius 2 is 1.58 bits per heavy atom. The van der Waals surface area contributed by atoms with Crippen LogP contribution in [0.3, 0.4) is 0 Å². The smallest absolute Gasteiger partial charge is 0.162 e. The molecule has 0 radical (unpaired) electrons. The molecule has 0 saturated heterocycles. The number of hydrogen-bond donors (Lipinski definition) is 2. The summed E-state index contributed by atoms with van der Waals surface area (Å²) < 4.78 is 0. The van der Waals surface area contributed by atoms with E-state index in [0.717, 1.165) is 22.0 Å². The molecule has 0 amide bonds. The quantitative estimate of drug-likeness (QED) is 0.577. The van der Waals surface area contributed by atoms with E-state index in [0.29, 0.717) is 11.6 Å². The molecule has 0 aliphatic heterocycles. The number of anilines is 1. The Kier molecular flexibility index (Phi) is 4.53. The van der Waals surface area contributed by atoms with Crippen LogP contribution < -0.4 is 5.32 Å². The molecule has 0 aliphatic rings. The summed E-state index contributed by atoms with van der Waals surface area (Å²) in [5.74, 6) is 1.32. The van der Waals surface area contributed by atoms with Crippen molar-refractivity contribution in [2.24, 2.45) is 0 Å². The second kappa shape index (κ2) is 7.29. The van der Waals surface area contributed by atoms with Crippen molar-refractivity contribution < 1.29 is 5.11 Å². The van der Waals surface area contributed by atoms with E-state index in [1.807, 2.05) is 66.7 Å². The number of aliphatic hydroxyl groups excluding tert-OH is 1. The molecule has 2 aromatic carbocycles. The highest BCUT2D eigenvalue weighted by Gasteiger charge is 2.15. The molecule has 5 nitrogen and oxygen atoms in total. The van der Waals surface area contributed by atoms with Crippen molar-refractivity contribution in [3.63, 3.8) is 0 Å². The summed E-state index contributed by atoms with van der Waals surface area (Å²) >= 11 is 0. The lowest BCUT2D eigenvalue weighted by atomic mass is 10.1. The van der Waals surface area contributed by atoms with Crippen LogP contribution in [0.4, 0.5) is 5.82 Å². The molecular formula is C21H18N4O. The Labute approximate surface area is 151 Å². The number of nitrogens with zero attached hydrogens (tertiary/aromatic N) is 3. The molecule has 0 aliphatic carbocycles. The van der Waals surface area contributed by atoms with E-state index in [9.17, 15) is 5.11 Å². The zero-order chi connectivity index (χ0) is 17.8. The minimum atomic E-state index is -0.250. The second-order valence-corrected chi connectivity index (χ2v) is 5.94. The normalized spacial score (nSPS) is 12.0. The Balaban J connectivity index is 1.80. The van der Waals surface area contributed by atoms with Crippen LogP contribution in [0, 0.1) is 0 Å². The van der Waals surface area contributed by atoms with Gasteiger partial charge in [0, 0.05) is 23.3 Å². The number of fused-ring (bicyclic) bond motifs is 1. The fourth-order valence-corrected chi connectivity index (χ4v) is 2.90. The van der Waals surface area contributed by atoms with Crippen molar-refractivity contribution >= 4 is 16.7 Å². The van der Waals surface area contributed by atoms with Gasteiger partial charge in [-0.2, -0.15) is 0 Å². The Morgan fingerprint density at radius 1 is 0.846 bits per heavy atom. The minimum absolute atomic E-state index is 0.0348. The van der Waals surface area contributed by atoms with Crippen molar-refractivity contribution in [3.05, 3.63) is 84.7 Å². The Hall–Kier alpha value is -3.31. The van der Waals surface area contributed by atoms with Gasteiger partial charge in [0.25, 0.3) is 0 Å². The highest BCUT2D eigenvalue weighted by atomic mass is 16.3. The van der Waals surface area contributed by atoms with Gasteiger partial charge in [0.05, 0.1) is 18.2 Å². The van der Waals surface area contributed by atoms with Gasteiger partial charge in [0.2, 0.25) is 0 Å². The molecule has 2 N–H and O–H groups in total. The zero-order valence-corrected chi connectivity index (χ0v) is 14.1. The maximum atomic E-state index is 9.89. The van der Waals surface area contributed by atoms with Crippen LogP contribution in [-0.2, 0) is 0 Å². The van der Waals surface area contributed by atoms with Crippen LogP contribution in [0.2, 0.25) is 0 Å². The van der Waals surface area contributed by atoms with Gasteiger partial charge in [0.1, 0.15) is 5.82 Å². The third kappa shape index (κ3) is 3.25. The first-order valence-corrected chi connectivity index (χ1v) is 8.44. The number of benzene rings is 2. The highest BCUT2D eigenvalue weighted by Crippen LogP contribution is 2.27. The van der Waals surface area contributed by atoms with Gasteiger partial charge in [-0.15, -0.1) is 0 Å². The fourth-order valence-electron chi connectivity index (χ4n) is 2.90. The van der Waals surface area contributed by atoms with E-state index in [1.54, 1.807) is 12.4 Å².